The van der Waals surface area contributed by atoms with Gasteiger partial charge in [0.15, 0.2) is 11.6 Å². The molecule has 5 rings (SSSR count). The van der Waals surface area contributed by atoms with Crippen LogP contribution in [0, 0.1) is 13.8 Å². The zero-order valence-electron chi connectivity index (χ0n) is 17.3. The van der Waals surface area contributed by atoms with Gasteiger partial charge in [-0.1, -0.05) is 0 Å². The summed E-state index contributed by atoms with van der Waals surface area (Å²) in [5, 5.41) is 5.36. The van der Waals surface area contributed by atoms with Crippen molar-refractivity contribution in [2.75, 3.05) is 30.4 Å². The Hall–Kier alpha value is -3.13. The van der Waals surface area contributed by atoms with Gasteiger partial charge in [0.05, 0.1) is 29.2 Å². The van der Waals surface area contributed by atoms with Crippen molar-refractivity contribution in [3.05, 3.63) is 47.2 Å². The van der Waals surface area contributed by atoms with Crippen molar-refractivity contribution < 1.29 is 4.74 Å². The number of methoxy groups -OCH3 is 1. The number of fused-ring (bicyclic) bond motifs is 1. The van der Waals surface area contributed by atoms with Crippen LogP contribution in [-0.2, 0) is 0 Å². The van der Waals surface area contributed by atoms with Crippen molar-refractivity contribution in [2.45, 2.75) is 26.7 Å². The second-order valence-electron chi connectivity index (χ2n) is 7.58. The van der Waals surface area contributed by atoms with Gasteiger partial charge in [0, 0.05) is 19.2 Å². The number of anilines is 3. The highest BCUT2D eigenvalue weighted by Crippen LogP contribution is 2.32. The van der Waals surface area contributed by atoms with E-state index < -0.39 is 0 Å². The minimum Gasteiger partial charge on any atom is -0.496 e. The van der Waals surface area contributed by atoms with E-state index in [1.807, 2.05) is 22.9 Å². The van der Waals surface area contributed by atoms with Crippen LogP contribution in [0.4, 0.5) is 17.6 Å². The molecule has 0 spiro atoms. The van der Waals surface area contributed by atoms with E-state index in [0.717, 1.165) is 46.1 Å². The van der Waals surface area contributed by atoms with E-state index in [1.54, 1.807) is 24.8 Å². The van der Waals surface area contributed by atoms with Crippen molar-refractivity contribution in [3.63, 3.8) is 0 Å². The molecule has 1 saturated heterocycles. The second kappa shape index (κ2) is 7.60. The zero-order chi connectivity index (χ0) is 20.7. The van der Waals surface area contributed by atoms with Gasteiger partial charge in [-0.2, -0.15) is 4.98 Å². The van der Waals surface area contributed by atoms with Gasteiger partial charge < -0.3 is 19.5 Å². The third-order valence-corrected chi connectivity index (χ3v) is 6.54. The highest BCUT2D eigenvalue weighted by Gasteiger charge is 2.19. The number of nitrogens with one attached hydrogen (secondary N) is 1. The average Bonchev–Trinajstić information content (AvgIpc) is 3.51. The Morgan fingerprint density at radius 3 is 2.77 bits per heavy atom. The molecule has 0 unspecified atom stereocenters. The van der Waals surface area contributed by atoms with Crippen molar-refractivity contribution in [2.24, 2.45) is 0 Å². The molecule has 1 aliphatic rings. The largest absolute Gasteiger partial charge is 0.496 e. The van der Waals surface area contributed by atoms with Gasteiger partial charge >= 0.3 is 0 Å². The van der Waals surface area contributed by atoms with E-state index in [9.17, 15) is 0 Å². The Morgan fingerprint density at radius 1 is 1.13 bits per heavy atom. The molecule has 0 bridgehead atoms. The molecule has 0 saturated carbocycles. The fourth-order valence-corrected chi connectivity index (χ4v) is 4.71. The summed E-state index contributed by atoms with van der Waals surface area (Å²) in [6.45, 7) is 6.25. The van der Waals surface area contributed by atoms with Gasteiger partial charge in [0.2, 0.25) is 5.95 Å². The van der Waals surface area contributed by atoms with Crippen molar-refractivity contribution in [1.29, 1.82) is 0 Å². The number of thiophene rings is 1. The smallest absolute Gasteiger partial charge is 0.231 e. The molecule has 8 heteroatoms. The Bertz CT molecular complexity index is 1210. The molecule has 0 aliphatic carbocycles. The summed E-state index contributed by atoms with van der Waals surface area (Å²) in [6.07, 6.45) is 6.16. The molecule has 0 atom stereocenters. The lowest BCUT2D eigenvalue weighted by atomic mass is 10.1. The lowest BCUT2D eigenvalue weighted by molar-refractivity contribution is 0.411. The number of hydrogen-bond donors (Lipinski definition) is 1. The number of rotatable bonds is 5. The molecular formula is C22H24N6OS. The van der Waals surface area contributed by atoms with E-state index in [0.29, 0.717) is 11.8 Å². The molecule has 3 aromatic heterocycles. The van der Waals surface area contributed by atoms with Gasteiger partial charge in [0.25, 0.3) is 0 Å². The van der Waals surface area contributed by atoms with Gasteiger partial charge in [-0.15, -0.1) is 11.3 Å². The number of nitrogens with zero attached hydrogens (tertiary/aromatic N) is 5. The summed E-state index contributed by atoms with van der Waals surface area (Å²) in [5.74, 6) is 3.17. The van der Waals surface area contributed by atoms with Crippen LogP contribution in [0.5, 0.6) is 5.75 Å². The number of ether oxygens (including phenoxy) is 1. The first-order chi connectivity index (χ1) is 14.6. The van der Waals surface area contributed by atoms with E-state index in [1.165, 1.54) is 18.4 Å². The van der Waals surface area contributed by atoms with Crippen LogP contribution in [0.25, 0.3) is 15.9 Å². The minimum atomic E-state index is 0.575. The van der Waals surface area contributed by atoms with Crippen molar-refractivity contribution in [1.82, 2.24) is 19.5 Å². The SMILES string of the molecule is COc1cc(-n2cnc(Nc3nc(N4CCCC4)c4sccc4n3)c2)cc(C)c1C. The van der Waals surface area contributed by atoms with Crippen LogP contribution in [-0.4, -0.2) is 39.7 Å². The molecule has 0 amide bonds. The predicted molar refractivity (Wildman–Crippen MR) is 122 cm³/mol. The van der Waals surface area contributed by atoms with Crippen LogP contribution >= 0.6 is 11.3 Å². The van der Waals surface area contributed by atoms with Crippen LogP contribution in [0.1, 0.15) is 24.0 Å². The highest BCUT2D eigenvalue weighted by atomic mass is 32.1. The molecule has 1 fully saturated rings. The molecule has 1 aliphatic heterocycles. The number of benzene rings is 1. The van der Waals surface area contributed by atoms with E-state index >= 15 is 0 Å². The van der Waals surface area contributed by atoms with Crippen LogP contribution < -0.4 is 15.0 Å². The van der Waals surface area contributed by atoms with Gasteiger partial charge in [0.1, 0.15) is 12.1 Å². The van der Waals surface area contributed by atoms with Gasteiger partial charge in [-0.25, -0.2) is 9.97 Å². The number of aromatic nitrogens is 4. The minimum absolute atomic E-state index is 0.575. The van der Waals surface area contributed by atoms with Gasteiger partial charge in [-0.3, -0.25) is 0 Å². The summed E-state index contributed by atoms with van der Waals surface area (Å²) in [4.78, 5) is 16.4. The maximum atomic E-state index is 5.51. The summed E-state index contributed by atoms with van der Waals surface area (Å²) in [7, 11) is 1.70. The first-order valence-electron chi connectivity index (χ1n) is 10.1. The normalized spacial score (nSPS) is 13.9. The summed E-state index contributed by atoms with van der Waals surface area (Å²) < 4.78 is 8.63. The van der Waals surface area contributed by atoms with E-state index in [2.05, 4.69) is 45.5 Å². The third-order valence-electron chi connectivity index (χ3n) is 5.64. The molecule has 30 heavy (non-hydrogen) atoms. The topological polar surface area (TPSA) is 68.1 Å². The Labute approximate surface area is 179 Å². The maximum absolute atomic E-state index is 5.51. The van der Waals surface area contributed by atoms with E-state index in [-0.39, 0.29) is 0 Å². The second-order valence-corrected chi connectivity index (χ2v) is 8.50. The van der Waals surface area contributed by atoms with Crippen molar-refractivity contribution >= 4 is 39.1 Å². The standard InChI is InChI=1S/C22H24N6OS/c1-14-10-16(11-18(29-3)15(14)2)28-12-19(23-13-28)25-22-24-17-6-9-30-20(17)21(26-22)27-7-4-5-8-27/h6,9-13H,4-5,7-8H2,1-3H3,(H,24,25,26). The number of imidazole rings is 1. The summed E-state index contributed by atoms with van der Waals surface area (Å²) >= 11 is 1.70. The molecule has 1 N–H and O–H groups in total. The van der Waals surface area contributed by atoms with Crippen LogP contribution in [0.2, 0.25) is 0 Å². The predicted octanol–water partition coefficient (Wildman–Crippen LogP) is 4.85. The molecule has 7 nitrogen and oxygen atoms in total. The van der Waals surface area contributed by atoms with Gasteiger partial charge in [-0.05, 0) is 55.3 Å². The average molecular weight is 421 g/mol. The summed E-state index contributed by atoms with van der Waals surface area (Å²) in [5.41, 5.74) is 4.29. The molecule has 1 aromatic carbocycles. The lowest BCUT2D eigenvalue weighted by Gasteiger charge is -2.17. The lowest BCUT2D eigenvalue weighted by Crippen LogP contribution is -2.19. The fourth-order valence-electron chi connectivity index (χ4n) is 3.86. The molecule has 154 valence electrons. The Kier molecular flexibility index (Phi) is 4.78. The highest BCUT2D eigenvalue weighted by molar-refractivity contribution is 7.17. The Balaban J connectivity index is 1.46. The molecule has 4 heterocycles. The molecular weight excluding hydrogens is 396 g/mol. The first-order valence-corrected chi connectivity index (χ1v) is 11.0. The first kappa shape index (κ1) is 18.9. The van der Waals surface area contributed by atoms with Crippen LogP contribution in [0.15, 0.2) is 36.1 Å². The molecule has 0 radical (unpaired) electrons. The monoisotopic (exact) mass is 420 g/mol. The summed E-state index contributed by atoms with van der Waals surface area (Å²) in [6, 6.07) is 6.20. The number of hydrogen-bond acceptors (Lipinski definition) is 7. The van der Waals surface area contributed by atoms with E-state index in [4.69, 9.17) is 9.72 Å². The Morgan fingerprint density at radius 2 is 1.97 bits per heavy atom. The third kappa shape index (κ3) is 3.37. The zero-order valence-corrected chi connectivity index (χ0v) is 18.2. The fraction of sp³-hybridized carbons (Fsp3) is 0.318. The molecule has 4 aromatic rings. The quantitative estimate of drug-likeness (QED) is 0.498. The van der Waals surface area contributed by atoms with Crippen LogP contribution in [0.3, 0.4) is 0 Å². The van der Waals surface area contributed by atoms with Crippen molar-refractivity contribution in [3.8, 4) is 11.4 Å². The maximum Gasteiger partial charge on any atom is 0.231 e. The number of aryl methyl sites for hydroxylation is 1.